The summed E-state index contributed by atoms with van der Waals surface area (Å²) in [7, 11) is 0. The van der Waals surface area contributed by atoms with Crippen LogP contribution < -0.4 is 10.6 Å². The molecule has 0 fully saturated rings. The van der Waals surface area contributed by atoms with Gasteiger partial charge in [0.05, 0.1) is 28.7 Å². The zero-order valence-corrected chi connectivity index (χ0v) is 19.5. The van der Waals surface area contributed by atoms with E-state index in [2.05, 4.69) is 20.6 Å². The highest BCUT2D eigenvalue weighted by Gasteiger charge is 2.33. The molecule has 32 heavy (non-hydrogen) atoms. The fourth-order valence-electron chi connectivity index (χ4n) is 3.42. The van der Waals surface area contributed by atoms with E-state index in [1.165, 1.54) is 22.7 Å². The number of Topliss-reactive ketones (excluding diaryl/α,β-unsaturated/α-hetero) is 1. The van der Waals surface area contributed by atoms with E-state index in [9.17, 15) is 14.4 Å². The molecule has 3 aromatic rings. The smallest absolute Gasteiger partial charge is 0.228 e. The van der Waals surface area contributed by atoms with Crippen LogP contribution in [0.4, 0.5) is 5.13 Å². The van der Waals surface area contributed by atoms with Crippen molar-refractivity contribution in [2.24, 2.45) is 11.8 Å². The number of nitrogens with one attached hydrogen (secondary N) is 2. The molecule has 166 valence electrons. The summed E-state index contributed by atoms with van der Waals surface area (Å²) in [5, 5.41) is 8.90. The highest BCUT2D eigenvalue weighted by atomic mass is 32.1. The van der Waals surface area contributed by atoms with Crippen LogP contribution in [0.2, 0.25) is 0 Å². The first-order valence-corrected chi connectivity index (χ1v) is 12.3. The molecular weight excluding hydrogens is 444 g/mol. The molecule has 0 unspecified atom stereocenters. The maximum Gasteiger partial charge on any atom is 0.228 e. The molecule has 2 amide bonds. The van der Waals surface area contributed by atoms with Gasteiger partial charge in [0, 0.05) is 29.7 Å². The second kappa shape index (κ2) is 9.70. The molecule has 2 N–H and O–H groups in total. The Morgan fingerprint density at radius 1 is 1.19 bits per heavy atom. The third-order valence-electron chi connectivity index (χ3n) is 5.52. The molecule has 0 bridgehead atoms. The van der Waals surface area contributed by atoms with Gasteiger partial charge in [0.25, 0.3) is 0 Å². The lowest BCUT2D eigenvalue weighted by Gasteiger charge is -2.19. The lowest BCUT2D eigenvalue weighted by atomic mass is 9.89. The Labute approximate surface area is 194 Å². The van der Waals surface area contributed by atoms with Crippen LogP contribution in [-0.4, -0.2) is 27.6 Å². The average molecular weight is 469 g/mol. The minimum absolute atomic E-state index is 0.103. The molecule has 7 nitrogen and oxygen atoms in total. The van der Waals surface area contributed by atoms with Gasteiger partial charge in [-0.15, -0.1) is 11.3 Å². The fourth-order valence-corrected chi connectivity index (χ4v) is 5.11. The molecule has 0 saturated heterocycles. The molecule has 0 aliphatic heterocycles. The standard InChI is InChI=1S/C23H24N4O3S2/c1-3-13(2)21(29)27-23-26-16-9-15(10-18(28)20(16)32-23)22(30)24-11-19-25-17(12-31-19)14-7-5-4-6-8-14/h4-8,12-13,15H,3,9-11H2,1-2H3,(H,24,30)(H,26,27,29)/t13-,15-/m1/s1. The number of hydrogen-bond acceptors (Lipinski definition) is 7. The Bertz CT molecular complexity index is 1140. The summed E-state index contributed by atoms with van der Waals surface area (Å²) >= 11 is 2.68. The predicted octanol–water partition coefficient (Wildman–Crippen LogP) is 4.31. The van der Waals surface area contributed by atoms with Crippen LogP contribution in [0.3, 0.4) is 0 Å². The molecule has 4 rings (SSSR count). The number of rotatable bonds is 7. The van der Waals surface area contributed by atoms with E-state index in [-0.39, 0.29) is 29.9 Å². The summed E-state index contributed by atoms with van der Waals surface area (Å²) < 4.78 is 0. The first kappa shape index (κ1) is 22.3. The molecule has 2 aromatic heterocycles. The Kier molecular flexibility index (Phi) is 6.76. The van der Waals surface area contributed by atoms with E-state index in [4.69, 9.17) is 0 Å². The number of benzene rings is 1. The Morgan fingerprint density at radius 2 is 1.97 bits per heavy atom. The summed E-state index contributed by atoms with van der Waals surface area (Å²) in [4.78, 5) is 47.0. The van der Waals surface area contributed by atoms with Gasteiger partial charge in [-0.2, -0.15) is 0 Å². The number of thiazole rings is 2. The number of aromatic nitrogens is 2. The van der Waals surface area contributed by atoms with Crippen LogP contribution in [0.1, 0.15) is 47.1 Å². The van der Waals surface area contributed by atoms with Crippen LogP contribution in [0.25, 0.3) is 11.3 Å². The van der Waals surface area contributed by atoms with Crippen LogP contribution in [-0.2, 0) is 22.6 Å². The monoisotopic (exact) mass is 468 g/mol. The van der Waals surface area contributed by atoms with E-state index in [0.717, 1.165) is 22.7 Å². The van der Waals surface area contributed by atoms with Crippen molar-refractivity contribution in [2.75, 3.05) is 5.32 Å². The summed E-state index contributed by atoms with van der Waals surface area (Å²) in [6.07, 6.45) is 1.26. The average Bonchev–Trinajstić information content (AvgIpc) is 3.44. The zero-order chi connectivity index (χ0) is 22.7. The number of carbonyl (C=O) groups excluding carboxylic acids is 3. The summed E-state index contributed by atoms with van der Waals surface area (Å²) in [5.74, 6) is -0.993. The fraction of sp³-hybridized carbons (Fsp3) is 0.348. The zero-order valence-electron chi connectivity index (χ0n) is 17.9. The van der Waals surface area contributed by atoms with Crippen molar-refractivity contribution in [1.82, 2.24) is 15.3 Å². The Balaban J connectivity index is 1.36. The third kappa shape index (κ3) is 4.94. The van der Waals surface area contributed by atoms with Crippen molar-refractivity contribution in [3.05, 3.63) is 51.3 Å². The van der Waals surface area contributed by atoms with Gasteiger partial charge in [0.2, 0.25) is 11.8 Å². The molecule has 2 heterocycles. The molecule has 2 atom stereocenters. The van der Waals surface area contributed by atoms with E-state index in [0.29, 0.717) is 28.7 Å². The van der Waals surface area contributed by atoms with Gasteiger partial charge >= 0.3 is 0 Å². The molecule has 1 aromatic carbocycles. The van der Waals surface area contributed by atoms with Crippen molar-refractivity contribution in [1.29, 1.82) is 0 Å². The van der Waals surface area contributed by atoms with Gasteiger partial charge in [-0.25, -0.2) is 9.97 Å². The quantitative estimate of drug-likeness (QED) is 0.538. The molecule has 1 aliphatic carbocycles. The van der Waals surface area contributed by atoms with Crippen molar-refractivity contribution in [3.8, 4) is 11.3 Å². The van der Waals surface area contributed by atoms with Gasteiger partial charge in [0.15, 0.2) is 10.9 Å². The normalized spacial score (nSPS) is 16.3. The largest absolute Gasteiger partial charge is 0.349 e. The maximum atomic E-state index is 12.7. The summed E-state index contributed by atoms with van der Waals surface area (Å²) in [6, 6.07) is 9.87. The second-order valence-electron chi connectivity index (χ2n) is 7.83. The second-order valence-corrected chi connectivity index (χ2v) is 9.77. The van der Waals surface area contributed by atoms with Crippen molar-refractivity contribution in [2.45, 2.75) is 39.7 Å². The van der Waals surface area contributed by atoms with E-state index >= 15 is 0 Å². The van der Waals surface area contributed by atoms with E-state index in [1.807, 2.05) is 49.6 Å². The minimum Gasteiger partial charge on any atom is -0.349 e. The Hall–Kier alpha value is -2.91. The molecular formula is C23H24N4O3S2. The minimum atomic E-state index is -0.469. The van der Waals surface area contributed by atoms with Crippen LogP contribution in [0.5, 0.6) is 0 Å². The number of hydrogen-bond donors (Lipinski definition) is 2. The third-order valence-corrected chi connectivity index (χ3v) is 7.42. The first-order chi connectivity index (χ1) is 15.4. The van der Waals surface area contributed by atoms with E-state index < -0.39 is 5.92 Å². The number of ketones is 1. The molecule has 0 saturated carbocycles. The molecule has 0 radical (unpaired) electrons. The number of anilines is 1. The maximum absolute atomic E-state index is 12.7. The van der Waals surface area contributed by atoms with Crippen molar-refractivity contribution < 1.29 is 14.4 Å². The number of nitrogens with zero attached hydrogens (tertiary/aromatic N) is 2. The molecule has 9 heteroatoms. The van der Waals surface area contributed by atoms with Crippen molar-refractivity contribution >= 4 is 45.4 Å². The summed E-state index contributed by atoms with van der Waals surface area (Å²) in [5.41, 5.74) is 2.50. The SMILES string of the molecule is CC[C@@H](C)C(=O)Nc1nc2c(s1)C(=O)C[C@H](C(=O)NCc1nc(-c3ccccc3)cs1)C2. The van der Waals surface area contributed by atoms with Gasteiger partial charge < -0.3 is 10.6 Å². The Morgan fingerprint density at radius 3 is 2.72 bits per heavy atom. The van der Waals surface area contributed by atoms with Crippen LogP contribution in [0.15, 0.2) is 35.7 Å². The lowest BCUT2D eigenvalue weighted by molar-refractivity contribution is -0.125. The topological polar surface area (TPSA) is 101 Å². The highest BCUT2D eigenvalue weighted by Crippen LogP contribution is 2.32. The van der Waals surface area contributed by atoms with Gasteiger partial charge in [0.1, 0.15) is 5.01 Å². The van der Waals surface area contributed by atoms with Gasteiger partial charge in [-0.3, -0.25) is 14.4 Å². The number of carbonyl (C=O) groups is 3. The number of amides is 2. The van der Waals surface area contributed by atoms with Gasteiger partial charge in [-0.05, 0) is 6.42 Å². The summed E-state index contributed by atoms with van der Waals surface area (Å²) in [6.45, 7) is 4.11. The predicted molar refractivity (Wildman–Crippen MR) is 126 cm³/mol. The number of fused-ring (bicyclic) bond motifs is 1. The first-order valence-electron chi connectivity index (χ1n) is 10.6. The van der Waals surface area contributed by atoms with Gasteiger partial charge in [-0.1, -0.05) is 55.5 Å². The highest BCUT2D eigenvalue weighted by molar-refractivity contribution is 7.17. The lowest BCUT2D eigenvalue weighted by Crippen LogP contribution is -2.35. The molecule has 0 spiro atoms. The van der Waals surface area contributed by atoms with Crippen LogP contribution in [0, 0.1) is 11.8 Å². The van der Waals surface area contributed by atoms with Crippen molar-refractivity contribution in [3.63, 3.8) is 0 Å². The molecule has 1 aliphatic rings. The van der Waals surface area contributed by atoms with Crippen LogP contribution >= 0.6 is 22.7 Å². The van der Waals surface area contributed by atoms with E-state index in [1.54, 1.807) is 0 Å².